The number of aryl methyl sites for hydroxylation is 2. The van der Waals surface area contributed by atoms with Crippen molar-refractivity contribution in [1.82, 2.24) is 4.72 Å². The molecule has 6 nitrogen and oxygen atoms in total. The second-order valence-corrected chi connectivity index (χ2v) is 9.06. The Bertz CT molecular complexity index is 1160. The van der Waals surface area contributed by atoms with Gasteiger partial charge in [-0.2, -0.15) is 0 Å². The molecule has 0 saturated carbocycles. The molecule has 0 aliphatic carbocycles. The summed E-state index contributed by atoms with van der Waals surface area (Å²) in [7, 11) is -2.47. The van der Waals surface area contributed by atoms with Crippen molar-refractivity contribution in [2.75, 3.05) is 19.0 Å². The lowest BCUT2D eigenvalue weighted by atomic mass is 10.1. The van der Waals surface area contributed by atoms with Crippen molar-refractivity contribution in [1.29, 1.82) is 0 Å². The number of benzene rings is 3. The van der Waals surface area contributed by atoms with E-state index in [1.54, 1.807) is 6.07 Å². The third kappa shape index (κ3) is 5.93. The van der Waals surface area contributed by atoms with E-state index < -0.39 is 15.9 Å². The molecule has 0 atom stereocenters. The maximum Gasteiger partial charge on any atom is 0.255 e. The van der Waals surface area contributed by atoms with Crippen molar-refractivity contribution < 1.29 is 17.9 Å². The Morgan fingerprint density at radius 2 is 1.61 bits per heavy atom. The average Bonchev–Trinajstić information content (AvgIpc) is 2.73. The van der Waals surface area contributed by atoms with E-state index in [0.29, 0.717) is 12.1 Å². The number of anilines is 1. The number of carbonyl (C=O) groups is 1. The average molecular weight is 439 g/mol. The predicted molar refractivity (Wildman–Crippen MR) is 122 cm³/mol. The Hall–Kier alpha value is -3.16. The summed E-state index contributed by atoms with van der Waals surface area (Å²) in [4.78, 5) is 12.7. The minimum absolute atomic E-state index is 0.0730. The van der Waals surface area contributed by atoms with Crippen LogP contribution in [0.1, 0.15) is 27.0 Å². The molecule has 7 heteroatoms. The fourth-order valence-electron chi connectivity index (χ4n) is 3.33. The Morgan fingerprint density at radius 3 is 2.26 bits per heavy atom. The van der Waals surface area contributed by atoms with Crippen LogP contribution >= 0.6 is 0 Å². The van der Waals surface area contributed by atoms with Crippen LogP contribution < -0.4 is 14.8 Å². The van der Waals surface area contributed by atoms with Crippen LogP contribution in [0.3, 0.4) is 0 Å². The first-order valence-corrected chi connectivity index (χ1v) is 11.4. The molecule has 0 radical (unpaired) electrons. The third-order valence-electron chi connectivity index (χ3n) is 4.74. The van der Waals surface area contributed by atoms with Crippen molar-refractivity contribution in [3.05, 3.63) is 89.0 Å². The minimum atomic E-state index is -3.87. The van der Waals surface area contributed by atoms with E-state index in [1.807, 2.05) is 62.4 Å². The fourth-order valence-corrected chi connectivity index (χ4v) is 4.55. The number of sulfonamides is 1. The van der Waals surface area contributed by atoms with Gasteiger partial charge in [-0.15, -0.1) is 0 Å². The van der Waals surface area contributed by atoms with Gasteiger partial charge in [-0.1, -0.05) is 36.4 Å². The first-order chi connectivity index (χ1) is 14.8. The summed E-state index contributed by atoms with van der Waals surface area (Å²) in [6.45, 7) is 4.12. The first-order valence-electron chi connectivity index (χ1n) is 9.90. The molecular weight excluding hydrogens is 412 g/mol. The second-order valence-electron chi connectivity index (χ2n) is 7.33. The smallest absolute Gasteiger partial charge is 0.255 e. The number of rotatable bonds is 8. The molecule has 3 aromatic carbocycles. The van der Waals surface area contributed by atoms with E-state index in [9.17, 15) is 13.2 Å². The normalized spacial score (nSPS) is 11.2. The Labute approximate surface area is 183 Å². The van der Waals surface area contributed by atoms with Gasteiger partial charge in [-0.05, 0) is 67.3 Å². The number of methoxy groups -OCH3 is 1. The zero-order valence-corrected chi connectivity index (χ0v) is 18.6. The fraction of sp³-hybridized carbons (Fsp3) is 0.208. The van der Waals surface area contributed by atoms with Gasteiger partial charge in [0.15, 0.2) is 0 Å². The molecule has 0 aromatic heterocycles. The van der Waals surface area contributed by atoms with Crippen LogP contribution in [0.2, 0.25) is 0 Å². The quantitative estimate of drug-likeness (QED) is 0.555. The maximum absolute atomic E-state index is 12.9. The Balaban J connectivity index is 1.79. The lowest BCUT2D eigenvalue weighted by Gasteiger charge is -2.13. The number of hydrogen-bond donors (Lipinski definition) is 2. The zero-order chi connectivity index (χ0) is 22.4. The second kappa shape index (κ2) is 9.76. The minimum Gasteiger partial charge on any atom is -0.495 e. The highest BCUT2D eigenvalue weighted by molar-refractivity contribution is 7.89. The van der Waals surface area contributed by atoms with E-state index in [1.165, 1.54) is 19.2 Å². The van der Waals surface area contributed by atoms with Gasteiger partial charge in [0.1, 0.15) is 10.6 Å². The van der Waals surface area contributed by atoms with Gasteiger partial charge in [0.2, 0.25) is 10.0 Å². The van der Waals surface area contributed by atoms with E-state index in [0.717, 1.165) is 16.7 Å². The van der Waals surface area contributed by atoms with Crippen LogP contribution in [0.5, 0.6) is 5.75 Å². The van der Waals surface area contributed by atoms with Crippen LogP contribution in [0.15, 0.2) is 71.6 Å². The number of carbonyl (C=O) groups excluding carboxylic acids is 1. The molecule has 0 fully saturated rings. The predicted octanol–water partition coefficient (Wildman–Crippen LogP) is 4.09. The molecule has 0 aliphatic heterocycles. The number of nitrogens with one attached hydrogen (secondary N) is 2. The monoisotopic (exact) mass is 438 g/mol. The molecule has 0 saturated heterocycles. The SMILES string of the molecule is COc1ccc(C(=O)Nc2cc(C)cc(C)c2)cc1S(=O)(=O)NCCc1ccccc1. The van der Waals surface area contributed by atoms with Gasteiger partial charge in [0.25, 0.3) is 5.91 Å². The first kappa shape index (κ1) is 22.5. The lowest BCUT2D eigenvalue weighted by molar-refractivity contribution is 0.102. The van der Waals surface area contributed by atoms with Gasteiger partial charge in [0, 0.05) is 17.8 Å². The van der Waals surface area contributed by atoms with Crippen molar-refractivity contribution in [3.8, 4) is 5.75 Å². The van der Waals surface area contributed by atoms with Crippen LogP contribution in [-0.2, 0) is 16.4 Å². The highest BCUT2D eigenvalue weighted by Gasteiger charge is 2.21. The topological polar surface area (TPSA) is 84.5 Å². The number of ether oxygens (including phenoxy) is 1. The molecule has 1 amide bonds. The molecule has 0 heterocycles. The third-order valence-corrected chi connectivity index (χ3v) is 6.23. The van der Waals surface area contributed by atoms with Gasteiger partial charge < -0.3 is 10.1 Å². The van der Waals surface area contributed by atoms with Crippen molar-refractivity contribution in [2.45, 2.75) is 25.2 Å². The van der Waals surface area contributed by atoms with Gasteiger partial charge in [0.05, 0.1) is 7.11 Å². The van der Waals surface area contributed by atoms with Crippen molar-refractivity contribution in [2.24, 2.45) is 0 Å². The summed E-state index contributed by atoms with van der Waals surface area (Å²) < 4.78 is 33.6. The van der Waals surface area contributed by atoms with Gasteiger partial charge >= 0.3 is 0 Å². The molecule has 31 heavy (non-hydrogen) atoms. The van der Waals surface area contributed by atoms with E-state index >= 15 is 0 Å². The van der Waals surface area contributed by atoms with Crippen LogP contribution in [0, 0.1) is 13.8 Å². The van der Waals surface area contributed by atoms with Crippen LogP contribution in [0.25, 0.3) is 0 Å². The van der Waals surface area contributed by atoms with Crippen LogP contribution in [0.4, 0.5) is 5.69 Å². The van der Waals surface area contributed by atoms with Crippen molar-refractivity contribution >= 4 is 21.6 Å². The van der Waals surface area contributed by atoms with E-state index in [4.69, 9.17) is 4.74 Å². The summed E-state index contributed by atoms with van der Waals surface area (Å²) in [5.74, 6) is -0.219. The summed E-state index contributed by atoms with van der Waals surface area (Å²) in [6, 6.07) is 19.7. The lowest BCUT2D eigenvalue weighted by Crippen LogP contribution is -2.27. The Kier molecular flexibility index (Phi) is 7.09. The molecule has 3 aromatic rings. The molecule has 0 aliphatic rings. The molecule has 0 bridgehead atoms. The highest BCUT2D eigenvalue weighted by Crippen LogP contribution is 2.25. The Morgan fingerprint density at radius 1 is 0.935 bits per heavy atom. The standard InChI is InChI=1S/C24H26N2O4S/c1-17-13-18(2)15-21(14-17)26-24(27)20-9-10-22(30-3)23(16-20)31(28,29)25-12-11-19-7-5-4-6-8-19/h4-10,13-16,25H,11-12H2,1-3H3,(H,26,27). The summed E-state index contributed by atoms with van der Waals surface area (Å²) in [5, 5.41) is 2.83. The number of hydrogen-bond acceptors (Lipinski definition) is 4. The molecule has 2 N–H and O–H groups in total. The van der Waals surface area contributed by atoms with Crippen LogP contribution in [-0.4, -0.2) is 28.0 Å². The molecule has 162 valence electrons. The molecule has 3 rings (SSSR count). The summed E-state index contributed by atoms with van der Waals surface area (Å²) in [6.07, 6.45) is 0.551. The van der Waals surface area contributed by atoms with Gasteiger partial charge in [-0.25, -0.2) is 13.1 Å². The largest absolute Gasteiger partial charge is 0.495 e. The number of amides is 1. The summed E-state index contributed by atoms with van der Waals surface area (Å²) in [5.41, 5.74) is 3.96. The van der Waals surface area contributed by atoms with Crippen molar-refractivity contribution in [3.63, 3.8) is 0 Å². The molecule has 0 spiro atoms. The maximum atomic E-state index is 12.9. The zero-order valence-electron chi connectivity index (χ0n) is 17.8. The summed E-state index contributed by atoms with van der Waals surface area (Å²) >= 11 is 0. The van der Waals surface area contributed by atoms with E-state index in [2.05, 4.69) is 10.0 Å². The molecular formula is C24H26N2O4S. The highest BCUT2D eigenvalue weighted by atomic mass is 32.2. The van der Waals surface area contributed by atoms with Gasteiger partial charge in [-0.3, -0.25) is 4.79 Å². The molecule has 0 unspecified atom stereocenters. The van der Waals surface area contributed by atoms with E-state index in [-0.39, 0.29) is 22.8 Å².